The van der Waals surface area contributed by atoms with Gasteiger partial charge in [-0.25, -0.2) is 18.1 Å². The lowest BCUT2D eigenvalue weighted by Crippen LogP contribution is -2.43. The standard InChI is InChI=1S/C23H29F2N2O8PS/c1-10(2)13-6-14(11(3)4)18-15(16(13)24)8-32-36(31,35-18)33-9-23(25)19(29)17(28)21(34-23)27-7-12(5)20(37)26-22(27)30/h6-7,10-11,17,19,21,28-29H,8-9H2,1-5H3,(H,26,30,37)/t17-,19+,21-,23-,36?/m1/s1/i9D2,21D. The van der Waals surface area contributed by atoms with Gasteiger partial charge in [-0.05, 0) is 36.0 Å². The number of hydrogen-bond acceptors (Lipinski definition) is 9. The fourth-order valence-electron chi connectivity index (χ4n) is 3.89. The predicted molar refractivity (Wildman–Crippen MR) is 130 cm³/mol. The van der Waals surface area contributed by atoms with Crippen molar-refractivity contribution in [3.63, 3.8) is 0 Å². The number of rotatable bonds is 6. The van der Waals surface area contributed by atoms with Gasteiger partial charge in [-0.15, -0.1) is 0 Å². The molecule has 1 unspecified atom stereocenters. The lowest BCUT2D eigenvalue weighted by Gasteiger charge is -2.31. The highest BCUT2D eigenvalue weighted by molar-refractivity contribution is 7.71. The Morgan fingerprint density at radius 3 is 2.65 bits per heavy atom. The Morgan fingerprint density at radius 2 is 2.03 bits per heavy atom. The fraction of sp³-hybridized carbons (Fsp3) is 0.565. The van der Waals surface area contributed by atoms with Gasteiger partial charge in [-0.1, -0.05) is 39.9 Å². The van der Waals surface area contributed by atoms with E-state index in [1.165, 1.54) is 13.0 Å². The van der Waals surface area contributed by atoms with Gasteiger partial charge in [-0.2, -0.15) is 0 Å². The van der Waals surface area contributed by atoms with Crippen molar-refractivity contribution >= 4 is 20.0 Å². The van der Waals surface area contributed by atoms with E-state index >= 15 is 8.78 Å². The Hall–Kier alpha value is -1.99. The predicted octanol–water partition coefficient (Wildman–Crippen LogP) is 4.25. The third kappa shape index (κ3) is 5.06. The maximum absolute atomic E-state index is 16.2. The van der Waals surface area contributed by atoms with Crippen LogP contribution in [-0.2, 0) is 25.0 Å². The molecule has 0 bridgehead atoms. The van der Waals surface area contributed by atoms with Crippen LogP contribution in [0.1, 0.15) is 72.1 Å². The third-order valence-corrected chi connectivity index (χ3v) is 7.61. The van der Waals surface area contributed by atoms with Crippen LogP contribution in [0, 0.1) is 17.4 Å². The Kier molecular flexibility index (Phi) is 6.48. The van der Waals surface area contributed by atoms with Gasteiger partial charge in [0.05, 0.1) is 16.3 Å². The molecule has 3 N–H and O–H groups in total. The second-order valence-corrected chi connectivity index (χ2v) is 11.3. The second kappa shape index (κ2) is 9.96. The first-order valence-corrected chi connectivity index (χ1v) is 13.2. The molecule has 0 saturated carbocycles. The van der Waals surface area contributed by atoms with E-state index in [1.807, 2.05) is 0 Å². The Balaban J connectivity index is 1.71. The monoisotopic (exact) mass is 565 g/mol. The number of alkyl halides is 1. The van der Waals surface area contributed by atoms with Crippen molar-refractivity contribution in [1.82, 2.24) is 9.55 Å². The number of aryl methyl sites for hydroxylation is 1. The number of aromatic amines is 1. The van der Waals surface area contributed by atoms with Gasteiger partial charge in [0.1, 0.15) is 35.0 Å². The van der Waals surface area contributed by atoms with Gasteiger partial charge < -0.3 is 19.5 Å². The summed E-state index contributed by atoms with van der Waals surface area (Å²) in [6.07, 6.45) is -7.56. The van der Waals surface area contributed by atoms with Crippen LogP contribution in [0.5, 0.6) is 5.75 Å². The van der Waals surface area contributed by atoms with Gasteiger partial charge in [-0.3, -0.25) is 18.6 Å². The van der Waals surface area contributed by atoms with Gasteiger partial charge in [0.2, 0.25) is 0 Å². The van der Waals surface area contributed by atoms with Crippen molar-refractivity contribution in [1.29, 1.82) is 0 Å². The van der Waals surface area contributed by atoms with Crippen LogP contribution in [0.4, 0.5) is 8.78 Å². The van der Waals surface area contributed by atoms with Crippen molar-refractivity contribution in [2.45, 2.75) is 77.3 Å². The Labute approximate surface area is 221 Å². The number of aliphatic hydroxyl groups is 2. The molecule has 1 fully saturated rings. The molecule has 2 aliphatic rings. The zero-order chi connectivity index (χ0) is 30.2. The summed E-state index contributed by atoms with van der Waals surface area (Å²) in [6.45, 7) is 3.90. The molecule has 204 valence electrons. The van der Waals surface area contributed by atoms with E-state index in [0.717, 1.165) is 6.20 Å². The summed E-state index contributed by atoms with van der Waals surface area (Å²) < 4.78 is 90.2. The topological polar surface area (TPSA) is 132 Å². The molecule has 2 aromatic rings. The van der Waals surface area contributed by atoms with Crippen LogP contribution >= 0.6 is 20.0 Å². The maximum atomic E-state index is 16.2. The molecule has 0 radical (unpaired) electrons. The molecular weight excluding hydrogens is 533 g/mol. The molecule has 4 rings (SSSR count). The van der Waals surface area contributed by atoms with E-state index in [0.29, 0.717) is 15.7 Å². The summed E-state index contributed by atoms with van der Waals surface area (Å²) in [6, 6.07) is 1.52. The molecule has 0 aliphatic carbocycles. The van der Waals surface area contributed by atoms with Crippen molar-refractivity contribution < 1.29 is 46.0 Å². The normalized spacial score (nSPS) is 33.1. The van der Waals surface area contributed by atoms with E-state index in [2.05, 4.69) is 4.98 Å². The van der Waals surface area contributed by atoms with Gasteiger partial charge in [0.15, 0.2) is 6.20 Å². The average molecular weight is 566 g/mol. The Morgan fingerprint density at radius 1 is 1.38 bits per heavy atom. The smallest absolute Gasteiger partial charge is 0.403 e. The minimum atomic E-state index is -5.08. The number of nitrogens with one attached hydrogen (secondary N) is 1. The molecule has 3 heterocycles. The number of nitrogens with zero attached hydrogens (tertiary/aromatic N) is 1. The third-order valence-electron chi connectivity index (χ3n) is 6.02. The zero-order valence-electron chi connectivity index (χ0n) is 23.6. The summed E-state index contributed by atoms with van der Waals surface area (Å²) in [5.74, 6) is -5.49. The lowest BCUT2D eigenvalue weighted by molar-refractivity contribution is -0.205. The minimum absolute atomic E-state index is 0.0225. The van der Waals surface area contributed by atoms with Crippen molar-refractivity contribution in [3.8, 4) is 5.75 Å². The Bertz CT molecular complexity index is 1520. The highest BCUT2D eigenvalue weighted by atomic mass is 32.1. The number of benzene rings is 1. The largest absolute Gasteiger partial charge is 0.530 e. The molecule has 1 aromatic carbocycles. The number of aromatic nitrogens is 2. The van der Waals surface area contributed by atoms with Crippen molar-refractivity contribution in [2.24, 2.45) is 0 Å². The molecule has 10 nitrogen and oxygen atoms in total. The number of ether oxygens (including phenoxy) is 1. The second-order valence-electron chi connectivity index (χ2n) is 9.41. The zero-order valence-corrected chi connectivity index (χ0v) is 22.3. The number of phosphoric acid groups is 1. The highest BCUT2D eigenvalue weighted by Crippen LogP contribution is 2.58. The summed E-state index contributed by atoms with van der Waals surface area (Å²) in [4.78, 5) is 14.6. The van der Waals surface area contributed by atoms with Crippen LogP contribution in [0.15, 0.2) is 17.1 Å². The summed E-state index contributed by atoms with van der Waals surface area (Å²) in [5.41, 5.74) is -0.246. The summed E-state index contributed by atoms with van der Waals surface area (Å²) in [7, 11) is -5.08. The van der Waals surface area contributed by atoms with Crippen LogP contribution in [0.25, 0.3) is 0 Å². The minimum Gasteiger partial charge on any atom is -0.403 e. The maximum Gasteiger partial charge on any atom is 0.530 e. The first-order valence-electron chi connectivity index (χ1n) is 12.9. The molecule has 0 amide bonds. The fourth-order valence-corrected chi connectivity index (χ4v) is 5.13. The van der Waals surface area contributed by atoms with Crippen LogP contribution in [0.2, 0.25) is 0 Å². The number of H-pyrrole nitrogens is 1. The molecule has 5 atom stereocenters. The molecule has 1 aromatic heterocycles. The number of aliphatic hydroxyl groups excluding tert-OH is 2. The van der Waals surface area contributed by atoms with Gasteiger partial charge in [0.25, 0.3) is 5.85 Å². The van der Waals surface area contributed by atoms with Crippen LogP contribution < -0.4 is 10.2 Å². The molecular formula is C23H29F2N2O8PS. The van der Waals surface area contributed by atoms with Crippen LogP contribution in [-0.4, -0.2) is 44.4 Å². The first-order chi connectivity index (χ1) is 18.3. The first kappa shape index (κ1) is 24.1. The molecule has 37 heavy (non-hydrogen) atoms. The summed E-state index contributed by atoms with van der Waals surface area (Å²) >= 11 is 4.93. The molecule has 0 spiro atoms. The van der Waals surface area contributed by atoms with E-state index in [1.54, 1.807) is 27.7 Å². The number of halogens is 2. The number of phosphoric ester groups is 1. The SMILES string of the molecule is [2H]C([2H])(OP1(=O)OCc2c(F)c(C(C)C)cc(C(C)C)c2O1)[C@@]1(F)O[C@@]([2H])(n2cc(C)c(=S)[nH]c2=O)[C@H](O)[C@@H]1O. The van der Waals surface area contributed by atoms with E-state index in [4.69, 9.17) is 34.6 Å². The van der Waals surface area contributed by atoms with Crippen molar-refractivity contribution in [2.75, 3.05) is 6.56 Å². The van der Waals surface area contributed by atoms with Gasteiger partial charge in [0, 0.05) is 11.8 Å². The number of hydrogen-bond donors (Lipinski definition) is 3. The van der Waals surface area contributed by atoms with Crippen LogP contribution in [0.3, 0.4) is 0 Å². The summed E-state index contributed by atoms with van der Waals surface area (Å²) in [5, 5.41) is 21.1. The number of fused-ring (bicyclic) bond motifs is 1. The molecule has 2 aliphatic heterocycles. The quantitative estimate of drug-likeness (QED) is 0.347. The average Bonchev–Trinajstić information content (AvgIpc) is 3.02. The highest BCUT2D eigenvalue weighted by Gasteiger charge is 2.58. The lowest BCUT2D eigenvalue weighted by atomic mass is 9.91. The van der Waals surface area contributed by atoms with Gasteiger partial charge >= 0.3 is 13.5 Å². The van der Waals surface area contributed by atoms with E-state index in [-0.39, 0.29) is 33.4 Å². The van der Waals surface area contributed by atoms with E-state index < -0.39 is 56.8 Å². The molecule has 14 heteroatoms. The van der Waals surface area contributed by atoms with E-state index in [9.17, 15) is 19.6 Å². The molecule has 1 saturated heterocycles. The van der Waals surface area contributed by atoms with Crippen molar-refractivity contribution in [3.05, 3.63) is 55.5 Å².